The van der Waals surface area contributed by atoms with Crippen LogP contribution in [0.1, 0.15) is 31.1 Å². The van der Waals surface area contributed by atoms with E-state index < -0.39 is 0 Å². The second-order valence-corrected chi connectivity index (χ2v) is 6.27. The summed E-state index contributed by atoms with van der Waals surface area (Å²) in [6.45, 7) is 7.55. The van der Waals surface area contributed by atoms with Crippen molar-refractivity contribution in [3.63, 3.8) is 0 Å². The average Bonchev–Trinajstić information content (AvgIpc) is 2.37. The van der Waals surface area contributed by atoms with Crippen LogP contribution in [0.5, 0.6) is 5.75 Å². The van der Waals surface area contributed by atoms with Crippen molar-refractivity contribution in [3.8, 4) is 5.75 Å². The van der Waals surface area contributed by atoms with Gasteiger partial charge in [-0.25, -0.2) is 0 Å². The third kappa shape index (κ3) is 4.24. The van der Waals surface area contributed by atoms with Gasteiger partial charge in [0.2, 0.25) is 0 Å². The van der Waals surface area contributed by atoms with Crippen molar-refractivity contribution in [1.29, 1.82) is 0 Å². The Balaban J connectivity index is 3.13. The first-order valence-electron chi connectivity index (χ1n) is 6.23. The van der Waals surface area contributed by atoms with Crippen molar-refractivity contribution in [2.45, 2.75) is 20.8 Å². The van der Waals surface area contributed by atoms with Gasteiger partial charge in [-0.05, 0) is 47.6 Å². The first kappa shape index (κ1) is 16.6. The number of halogens is 2. The van der Waals surface area contributed by atoms with E-state index in [1.165, 1.54) is 0 Å². The van der Waals surface area contributed by atoms with Gasteiger partial charge >= 0.3 is 0 Å². The van der Waals surface area contributed by atoms with E-state index in [1.54, 1.807) is 19.2 Å². The van der Waals surface area contributed by atoms with Gasteiger partial charge < -0.3 is 9.64 Å². The number of rotatable bonds is 5. The van der Waals surface area contributed by atoms with Crippen LogP contribution in [-0.4, -0.2) is 31.0 Å². The Morgan fingerprint density at radius 3 is 2.58 bits per heavy atom. The molecule has 0 N–H and O–H groups in total. The lowest BCUT2D eigenvalue weighted by Crippen LogP contribution is -2.34. The molecule has 1 aromatic carbocycles. The van der Waals surface area contributed by atoms with Gasteiger partial charge in [-0.1, -0.05) is 25.4 Å². The Bertz CT molecular complexity index is 463. The molecule has 0 aromatic heterocycles. The molecular weight excluding hydrogens is 377 g/mol. The highest BCUT2D eigenvalue weighted by Gasteiger charge is 2.20. The molecule has 0 aliphatic heterocycles. The quantitative estimate of drug-likeness (QED) is 0.703. The van der Waals surface area contributed by atoms with Gasteiger partial charge in [0.1, 0.15) is 5.75 Å². The zero-order chi connectivity index (χ0) is 14.6. The Hall–Kier alpha value is -0.490. The van der Waals surface area contributed by atoms with Crippen LogP contribution < -0.4 is 4.74 Å². The van der Waals surface area contributed by atoms with E-state index in [2.05, 4.69) is 36.4 Å². The van der Waals surface area contributed by atoms with Crippen LogP contribution >= 0.6 is 34.2 Å². The van der Waals surface area contributed by atoms with Crippen LogP contribution in [0.15, 0.2) is 12.1 Å². The van der Waals surface area contributed by atoms with Crippen molar-refractivity contribution in [3.05, 3.63) is 26.3 Å². The number of carbonyl (C=O) groups excluding carboxylic acids is 1. The molecule has 19 heavy (non-hydrogen) atoms. The molecule has 0 saturated heterocycles. The van der Waals surface area contributed by atoms with E-state index in [1.807, 2.05) is 11.8 Å². The smallest absolute Gasteiger partial charge is 0.257 e. The molecule has 1 aromatic rings. The molecule has 0 bridgehead atoms. The van der Waals surface area contributed by atoms with Gasteiger partial charge in [0.25, 0.3) is 5.91 Å². The number of ether oxygens (including phenoxy) is 1. The molecular formula is C14H19ClINO2. The van der Waals surface area contributed by atoms with Crippen molar-refractivity contribution >= 4 is 40.1 Å². The number of methoxy groups -OCH3 is 1. The monoisotopic (exact) mass is 395 g/mol. The van der Waals surface area contributed by atoms with E-state index in [9.17, 15) is 4.79 Å². The molecule has 0 aliphatic carbocycles. The lowest BCUT2D eigenvalue weighted by molar-refractivity contribution is 0.0742. The summed E-state index contributed by atoms with van der Waals surface area (Å²) in [6.07, 6.45) is 0. The highest BCUT2D eigenvalue weighted by Crippen LogP contribution is 2.29. The first-order valence-corrected chi connectivity index (χ1v) is 7.68. The third-order valence-electron chi connectivity index (χ3n) is 2.73. The fourth-order valence-corrected chi connectivity index (χ4v) is 2.43. The summed E-state index contributed by atoms with van der Waals surface area (Å²) in [7, 11) is 1.56. The Morgan fingerprint density at radius 2 is 2.11 bits per heavy atom. The molecule has 106 valence electrons. The van der Waals surface area contributed by atoms with Crippen LogP contribution in [0.2, 0.25) is 5.02 Å². The summed E-state index contributed by atoms with van der Waals surface area (Å²) < 4.78 is 6.17. The predicted octanol–water partition coefficient (Wildman–Crippen LogP) is 4.07. The first-order chi connectivity index (χ1) is 8.90. The number of hydrogen-bond donors (Lipinski definition) is 0. The molecule has 0 heterocycles. The van der Waals surface area contributed by atoms with E-state index in [-0.39, 0.29) is 5.91 Å². The summed E-state index contributed by atoms with van der Waals surface area (Å²) in [5, 5.41) is 0.574. The Morgan fingerprint density at radius 1 is 1.47 bits per heavy atom. The van der Waals surface area contributed by atoms with Crippen LogP contribution in [0.25, 0.3) is 0 Å². The predicted molar refractivity (Wildman–Crippen MR) is 87.1 cm³/mol. The molecule has 3 nitrogen and oxygen atoms in total. The number of carbonyl (C=O) groups is 1. The van der Waals surface area contributed by atoms with Gasteiger partial charge in [-0.15, -0.1) is 0 Å². The standard InChI is InChI=1S/C14H19ClINO2/c1-5-17(8-9(2)3)14(18)10-6-11(15)12(16)7-13(10)19-4/h6-7,9H,5,8H2,1-4H3. The normalized spacial score (nSPS) is 10.7. The number of amides is 1. The van der Waals surface area contributed by atoms with Crippen molar-refractivity contribution in [2.75, 3.05) is 20.2 Å². The van der Waals surface area contributed by atoms with E-state index >= 15 is 0 Å². The molecule has 0 radical (unpaired) electrons. The van der Waals surface area contributed by atoms with E-state index in [4.69, 9.17) is 16.3 Å². The fraction of sp³-hybridized carbons (Fsp3) is 0.500. The van der Waals surface area contributed by atoms with Crippen molar-refractivity contribution in [2.24, 2.45) is 5.92 Å². The van der Waals surface area contributed by atoms with Crippen molar-refractivity contribution in [1.82, 2.24) is 4.90 Å². The topological polar surface area (TPSA) is 29.5 Å². The maximum absolute atomic E-state index is 12.5. The summed E-state index contributed by atoms with van der Waals surface area (Å²) in [5.74, 6) is 0.960. The molecule has 0 atom stereocenters. The van der Waals surface area contributed by atoms with Gasteiger partial charge in [-0.2, -0.15) is 0 Å². The highest BCUT2D eigenvalue weighted by atomic mass is 127. The second-order valence-electron chi connectivity index (χ2n) is 4.70. The molecule has 0 spiro atoms. The third-order valence-corrected chi connectivity index (χ3v) is 4.25. The lowest BCUT2D eigenvalue weighted by atomic mass is 10.1. The highest BCUT2D eigenvalue weighted by molar-refractivity contribution is 14.1. The zero-order valence-electron chi connectivity index (χ0n) is 11.7. The SMILES string of the molecule is CCN(CC(C)C)C(=O)c1cc(Cl)c(I)cc1OC. The largest absolute Gasteiger partial charge is 0.496 e. The summed E-state index contributed by atoms with van der Waals surface area (Å²) in [5.41, 5.74) is 0.524. The van der Waals surface area contributed by atoms with Gasteiger partial charge in [0.15, 0.2) is 0 Å². The molecule has 1 rings (SSSR count). The summed E-state index contributed by atoms with van der Waals surface area (Å²) in [6, 6.07) is 3.48. The zero-order valence-corrected chi connectivity index (χ0v) is 14.6. The minimum absolute atomic E-state index is 0.0358. The van der Waals surface area contributed by atoms with Gasteiger partial charge in [-0.3, -0.25) is 4.79 Å². The maximum atomic E-state index is 12.5. The molecule has 0 aliphatic rings. The number of nitrogens with zero attached hydrogens (tertiary/aromatic N) is 1. The Labute approximate surface area is 133 Å². The maximum Gasteiger partial charge on any atom is 0.257 e. The number of benzene rings is 1. The minimum Gasteiger partial charge on any atom is -0.496 e. The van der Waals surface area contributed by atoms with Crippen LogP contribution in [0, 0.1) is 9.49 Å². The lowest BCUT2D eigenvalue weighted by Gasteiger charge is -2.24. The van der Waals surface area contributed by atoms with E-state index in [0.717, 1.165) is 10.1 Å². The van der Waals surface area contributed by atoms with Crippen LogP contribution in [0.4, 0.5) is 0 Å². The summed E-state index contributed by atoms with van der Waals surface area (Å²) in [4.78, 5) is 14.4. The average molecular weight is 396 g/mol. The second kappa shape index (κ2) is 7.33. The number of hydrogen-bond acceptors (Lipinski definition) is 2. The van der Waals surface area contributed by atoms with Crippen LogP contribution in [0.3, 0.4) is 0 Å². The molecule has 0 saturated carbocycles. The summed E-state index contributed by atoms with van der Waals surface area (Å²) >= 11 is 8.23. The Kier molecular flexibility index (Phi) is 6.39. The van der Waals surface area contributed by atoms with Crippen LogP contribution in [-0.2, 0) is 0 Å². The fourth-order valence-electron chi connectivity index (χ4n) is 1.83. The molecule has 0 fully saturated rings. The molecule has 0 unspecified atom stereocenters. The van der Waals surface area contributed by atoms with E-state index in [0.29, 0.717) is 28.8 Å². The van der Waals surface area contributed by atoms with Gasteiger partial charge in [0, 0.05) is 16.7 Å². The van der Waals surface area contributed by atoms with Gasteiger partial charge in [0.05, 0.1) is 17.7 Å². The molecule has 5 heteroatoms. The molecule has 1 amide bonds. The minimum atomic E-state index is -0.0358. The van der Waals surface area contributed by atoms with Crippen molar-refractivity contribution < 1.29 is 9.53 Å².